The highest BCUT2D eigenvalue weighted by Gasteiger charge is 2.29. The minimum Gasteiger partial charge on any atom is -0.456 e. The lowest BCUT2D eigenvalue weighted by Crippen LogP contribution is -2.44. The molecule has 5 N–H and O–H groups in total. The Bertz CT molecular complexity index is 3230. The minimum absolute atomic E-state index is 0.0261. The van der Waals surface area contributed by atoms with Gasteiger partial charge < -0.3 is 30.2 Å². The lowest BCUT2D eigenvalue weighted by Gasteiger charge is -2.31. The Labute approximate surface area is 399 Å². The van der Waals surface area contributed by atoms with Crippen LogP contribution in [0.2, 0.25) is 0 Å². The van der Waals surface area contributed by atoms with Crippen LogP contribution in [0.15, 0.2) is 85.9 Å². The van der Waals surface area contributed by atoms with Gasteiger partial charge >= 0.3 is 12.1 Å². The molecular formula is C51H62N6O9S2. The number of carbonyl (C=O) groups excluding carboxylic acids is 2. The molecule has 2 aliphatic rings. The van der Waals surface area contributed by atoms with E-state index in [1.807, 2.05) is 88.3 Å². The molecule has 0 atom stereocenters. The van der Waals surface area contributed by atoms with Gasteiger partial charge in [-0.1, -0.05) is 24.3 Å². The van der Waals surface area contributed by atoms with Gasteiger partial charge in [-0.05, 0) is 161 Å². The Kier molecular flexibility index (Phi) is 14.6. The Morgan fingerprint density at radius 2 is 1.16 bits per heavy atom. The van der Waals surface area contributed by atoms with Crippen molar-refractivity contribution in [1.82, 2.24) is 9.80 Å². The maximum atomic E-state index is 13.7. The molecule has 6 rings (SSSR count). The average molecular weight is 967 g/mol. The van der Waals surface area contributed by atoms with Gasteiger partial charge in [-0.2, -0.15) is 16.8 Å². The molecule has 4 aromatic rings. The van der Waals surface area contributed by atoms with Crippen molar-refractivity contribution < 1.29 is 39.9 Å². The molecule has 0 spiro atoms. The molecule has 4 aromatic carbocycles. The molecule has 0 fully saturated rings. The number of nitrogens with zero attached hydrogens (tertiary/aromatic N) is 3. The monoisotopic (exact) mass is 966 g/mol. The Morgan fingerprint density at radius 3 is 1.72 bits per heavy atom. The Morgan fingerprint density at radius 1 is 0.603 bits per heavy atom. The predicted octanol–water partition coefficient (Wildman–Crippen LogP) is 11.8. The molecule has 0 radical (unpaired) electrons. The largest absolute Gasteiger partial charge is 0.456 e. The molecule has 0 saturated heterocycles. The quantitative estimate of drug-likeness (QED) is 0.0578. The van der Waals surface area contributed by atoms with Gasteiger partial charge in [0.25, 0.3) is 20.2 Å². The zero-order valence-electron chi connectivity index (χ0n) is 41.1. The Balaban J connectivity index is 1.58. The van der Waals surface area contributed by atoms with Gasteiger partial charge in [-0.3, -0.25) is 9.11 Å². The first-order valence-corrected chi connectivity index (χ1v) is 25.3. The molecular weight excluding hydrogens is 905 g/mol. The predicted molar refractivity (Wildman–Crippen MR) is 270 cm³/mol. The summed E-state index contributed by atoms with van der Waals surface area (Å²) in [6.45, 7) is 26.0. The van der Waals surface area contributed by atoms with Gasteiger partial charge in [-0.25, -0.2) is 14.6 Å². The summed E-state index contributed by atoms with van der Waals surface area (Å²) in [7, 11) is -9.52. The van der Waals surface area contributed by atoms with Crippen LogP contribution in [0.3, 0.4) is 0 Å². The molecule has 1 aliphatic carbocycles. The van der Waals surface area contributed by atoms with Crippen molar-refractivity contribution in [3.05, 3.63) is 105 Å². The summed E-state index contributed by atoms with van der Waals surface area (Å²) in [5.74, 6) is 0.263. The molecule has 1 aliphatic heterocycles. The van der Waals surface area contributed by atoms with Crippen LogP contribution in [0.4, 0.5) is 38.0 Å². The first-order chi connectivity index (χ1) is 31.6. The number of hydrogen-bond donors (Lipinski definition) is 5. The van der Waals surface area contributed by atoms with Crippen LogP contribution in [0, 0.1) is 41.5 Å². The number of fused-ring (bicyclic) bond motifs is 2. The Hall–Kier alpha value is -6.27. The number of rotatable bonds is 12. The average Bonchev–Trinajstić information content (AvgIpc) is 3.21. The molecule has 362 valence electrons. The number of carbonyl (C=O) groups is 2. The maximum absolute atomic E-state index is 13.7. The second kappa shape index (κ2) is 19.4. The van der Waals surface area contributed by atoms with Crippen LogP contribution in [0.1, 0.15) is 88.8 Å². The highest BCUT2D eigenvalue weighted by atomic mass is 32.2. The van der Waals surface area contributed by atoms with Crippen molar-refractivity contribution >= 4 is 71.7 Å². The van der Waals surface area contributed by atoms with Gasteiger partial charge in [0.05, 0.1) is 22.4 Å². The third-order valence-corrected chi connectivity index (χ3v) is 14.2. The van der Waals surface area contributed by atoms with E-state index in [0.29, 0.717) is 44.4 Å². The fourth-order valence-corrected chi connectivity index (χ4v) is 11.1. The van der Waals surface area contributed by atoms with Crippen LogP contribution in [-0.2, 0) is 20.2 Å². The molecule has 68 heavy (non-hydrogen) atoms. The van der Waals surface area contributed by atoms with Crippen LogP contribution < -0.4 is 21.3 Å². The minimum atomic E-state index is -4.81. The van der Waals surface area contributed by atoms with E-state index in [1.165, 1.54) is 26.0 Å². The number of urea groups is 2. The third-order valence-electron chi connectivity index (χ3n) is 12.2. The fourth-order valence-electron chi connectivity index (χ4n) is 9.46. The first-order valence-electron chi connectivity index (χ1n) is 22.4. The normalized spacial score (nSPS) is 12.5. The van der Waals surface area contributed by atoms with Crippen molar-refractivity contribution in [3.63, 3.8) is 0 Å². The van der Waals surface area contributed by atoms with E-state index in [1.54, 1.807) is 59.2 Å². The number of amides is 4. The molecule has 1 heterocycles. The molecule has 15 nitrogen and oxygen atoms in total. The topological polar surface area (TPSA) is 211 Å². The number of anilines is 4. The maximum Gasteiger partial charge on any atom is 0.322 e. The molecule has 0 aromatic heterocycles. The van der Waals surface area contributed by atoms with Crippen LogP contribution in [0.25, 0.3) is 33.4 Å². The fraction of sp³-hybridized carbons (Fsp3) is 0.353. The van der Waals surface area contributed by atoms with E-state index in [9.17, 15) is 35.5 Å². The summed E-state index contributed by atoms with van der Waals surface area (Å²) in [6, 6.07) is 17.4. The van der Waals surface area contributed by atoms with Gasteiger partial charge in [0.2, 0.25) is 0 Å². The van der Waals surface area contributed by atoms with E-state index < -0.39 is 26.3 Å². The molecule has 0 bridgehead atoms. The summed E-state index contributed by atoms with van der Waals surface area (Å²) in [6.07, 6.45) is 0. The van der Waals surface area contributed by atoms with E-state index >= 15 is 0 Å². The summed E-state index contributed by atoms with van der Waals surface area (Å²) in [4.78, 5) is 34.8. The number of hydrogen-bond acceptors (Lipinski definition) is 9. The van der Waals surface area contributed by atoms with Gasteiger partial charge in [0.15, 0.2) is 0 Å². The zero-order chi connectivity index (χ0) is 50.5. The lowest BCUT2D eigenvalue weighted by molar-refractivity contribution is 0.177. The van der Waals surface area contributed by atoms with Crippen molar-refractivity contribution in [1.29, 1.82) is 0 Å². The third kappa shape index (κ3) is 10.1. The zero-order valence-corrected chi connectivity index (χ0v) is 42.7. The van der Waals surface area contributed by atoms with E-state index in [-0.39, 0.29) is 73.8 Å². The molecule has 0 unspecified atom stereocenters. The summed E-state index contributed by atoms with van der Waals surface area (Å²) < 4.78 is 79.3. The van der Waals surface area contributed by atoms with Gasteiger partial charge in [0, 0.05) is 69.8 Å². The van der Waals surface area contributed by atoms with E-state index in [0.717, 1.165) is 22.4 Å². The number of aryl methyl sites for hydroxylation is 2. The van der Waals surface area contributed by atoms with E-state index in [4.69, 9.17) is 9.41 Å². The summed E-state index contributed by atoms with van der Waals surface area (Å²) in [5, 5.41) is 10.4. The van der Waals surface area contributed by atoms with Crippen molar-refractivity contribution in [2.24, 2.45) is 4.99 Å². The smallest absolute Gasteiger partial charge is 0.322 e. The highest BCUT2D eigenvalue weighted by Crippen LogP contribution is 2.44. The molecule has 17 heteroatoms. The van der Waals surface area contributed by atoms with E-state index in [2.05, 4.69) is 16.0 Å². The van der Waals surface area contributed by atoms with Crippen LogP contribution in [0.5, 0.6) is 0 Å². The van der Waals surface area contributed by atoms with Crippen molar-refractivity contribution in [2.45, 2.75) is 131 Å². The summed E-state index contributed by atoms with van der Waals surface area (Å²) >= 11 is 0. The van der Waals surface area contributed by atoms with Crippen LogP contribution >= 0.6 is 0 Å². The van der Waals surface area contributed by atoms with Gasteiger partial charge in [0.1, 0.15) is 21.1 Å². The lowest BCUT2D eigenvalue weighted by atomic mass is 9.93. The molecule has 4 amide bonds. The number of nitrogens with one attached hydrogen (secondary N) is 3. The van der Waals surface area contributed by atoms with Gasteiger partial charge in [-0.15, -0.1) is 0 Å². The SMILES string of the molecule is Cc1cc(C)c(Nc2ccc3c(-c4ccccc4S(=O)(=O)O)c4ccc(=Nc5c(C)c(NC(=O)N(C(C)C)C(C)C)c(C)c(S(=O)(=O)O)c5C)cc-4oc3c2)c(C)c1NC(=O)N(C(C)C)C(C)C. The summed E-state index contributed by atoms with van der Waals surface area (Å²) in [5.41, 5.74) is 7.26. The highest BCUT2D eigenvalue weighted by molar-refractivity contribution is 7.86. The van der Waals surface area contributed by atoms with Crippen LogP contribution in [-0.4, -0.2) is 72.0 Å². The second-order valence-electron chi connectivity index (χ2n) is 18.4. The van der Waals surface area contributed by atoms with Crippen molar-refractivity contribution in [3.8, 4) is 22.5 Å². The number of benzene rings is 5. The first kappa shape index (κ1) is 51.1. The molecule has 0 saturated carbocycles. The van der Waals surface area contributed by atoms with Crippen molar-refractivity contribution in [2.75, 3.05) is 16.0 Å². The standard InChI is InChI=1S/C51H62N6O9S2/c1-26(2)56(27(3)4)50(58)54-46-31(10)23-30(9)45(32(46)11)52-36-19-21-38-41(24-36)66-42-25-37(20-22-39(42)44(38)40-17-15-16-18-43(40)67(60,61)62)53-47-33(12)48(35(14)49(34(47)13)68(63,64)65)55-51(59)57(28(5)6)29(7)8/h15-29,52H,1-14H3,(H,54,58)(H,55,59)(H,60,61,62)(H,63,64,65). The second-order valence-corrected chi connectivity index (χ2v) is 21.2.